The van der Waals surface area contributed by atoms with E-state index in [1.165, 1.54) is 6.20 Å². The molecule has 1 rings (SSSR count). The molecule has 0 aliphatic heterocycles. The van der Waals surface area contributed by atoms with Gasteiger partial charge in [-0.25, -0.2) is 4.98 Å². The molecular weight excluding hydrogens is 244 g/mol. The SMILES string of the molecule is Cc1cc(Cl)ncc1C(O)C(O)CCN=[N+]=[N-]. The third-order valence-corrected chi connectivity index (χ3v) is 2.60. The molecule has 2 unspecified atom stereocenters. The number of azide groups is 1. The number of rotatable bonds is 5. The van der Waals surface area contributed by atoms with Gasteiger partial charge in [-0.15, -0.1) is 0 Å². The van der Waals surface area contributed by atoms with Crippen molar-refractivity contribution in [2.24, 2.45) is 5.11 Å². The molecule has 92 valence electrons. The average Bonchev–Trinajstić information content (AvgIpc) is 2.28. The molecule has 0 radical (unpaired) electrons. The number of aryl methyl sites for hydroxylation is 1. The van der Waals surface area contributed by atoms with Crippen LogP contribution in [0.25, 0.3) is 10.4 Å². The summed E-state index contributed by atoms with van der Waals surface area (Å²) in [5.74, 6) is 0. The fourth-order valence-corrected chi connectivity index (χ4v) is 1.65. The highest BCUT2D eigenvalue weighted by molar-refractivity contribution is 6.29. The maximum atomic E-state index is 9.89. The minimum absolute atomic E-state index is 0.134. The first-order valence-corrected chi connectivity index (χ1v) is 5.43. The Labute approximate surface area is 104 Å². The average molecular weight is 257 g/mol. The van der Waals surface area contributed by atoms with Gasteiger partial charge in [0.15, 0.2) is 0 Å². The molecule has 1 aromatic rings. The summed E-state index contributed by atoms with van der Waals surface area (Å²) in [6.45, 7) is 1.90. The number of pyridine rings is 1. The fraction of sp³-hybridized carbons (Fsp3) is 0.500. The molecule has 0 aromatic carbocycles. The van der Waals surface area contributed by atoms with Crippen LogP contribution in [-0.2, 0) is 0 Å². The Morgan fingerprint density at radius 3 is 2.88 bits per heavy atom. The molecule has 0 fully saturated rings. The maximum Gasteiger partial charge on any atom is 0.129 e. The van der Waals surface area contributed by atoms with Crippen LogP contribution in [0.2, 0.25) is 5.15 Å². The lowest BCUT2D eigenvalue weighted by Crippen LogP contribution is -2.20. The number of aromatic nitrogens is 1. The number of hydrogen-bond donors (Lipinski definition) is 2. The summed E-state index contributed by atoms with van der Waals surface area (Å²) in [6.07, 6.45) is -0.442. The molecule has 17 heavy (non-hydrogen) atoms. The van der Waals surface area contributed by atoms with Crippen molar-refractivity contribution in [1.82, 2.24) is 4.98 Å². The van der Waals surface area contributed by atoms with Crippen LogP contribution in [0.15, 0.2) is 17.4 Å². The Hall–Kier alpha value is -1.33. The van der Waals surface area contributed by atoms with Crippen molar-refractivity contribution in [2.45, 2.75) is 25.6 Å². The highest BCUT2D eigenvalue weighted by Crippen LogP contribution is 2.23. The lowest BCUT2D eigenvalue weighted by molar-refractivity contribution is 0.0145. The first kappa shape index (κ1) is 13.7. The molecule has 0 spiro atoms. The van der Waals surface area contributed by atoms with Gasteiger partial charge in [-0.2, -0.15) is 0 Å². The third-order valence-electron chi connectivity index (χ3n) is 2.39. The van der Waals surface area contributed by atoms with Crippen molar-refractivity contribution in [3.63, 3.8) is 0 Å². The minimum atomic E-state index is -1.06. The second-order valence-corrected chi connectivity index (χ2v) is 4.01. The molecule has 0 amide bonds. The van der Waals surface area contributed by atoms with Crippen molar-refractivity contribution in [3.05, 3.63) is 39.0 Å². The fourth-order valence-electron chi connectivity index (χ4n) is 1.44. The van der Waals surface area contributed by atoms with Crippen LogP contribution in [0.4, 0.5) is 0 Å². The number of halogens is 1. The molecule has 0 bridgehead atoms. The Kier molecular flexibility index (Phi) is 5.18. The van der Waals surface area contributed by atoms with Gasteiger partial charge < -0.3 is 10.2 Å². The van der Waals surface area contributed by atoms with E-state index in [2.05, 4.69) is 15.0 Å². The Morgan fingerprint density at radius 1 is 1.59 bits per heavy atom. The normalized spacial score (nSPS) is 13.9. The van der Waals surface area contributed by atoms with E-state index >= 15 is 0 Å². The lowest BCUT2D eigenvalue weighted by atomic mass is 10.00. The quantitative estimate of drug-likeness (QED) is 0.365. The van der Waals surface area contributed by atoms with Gasteiger partial charge in [-0.05, 0) is 30.5 Å². The summed E-state index contributed by atoms with van der Waals surface area (Å²) >= 11 is 5.69. The molecule has 1 heterocycles. The number of aliphatic hydroxyl groups is 2. The number of aliphatic hydroxyl groups excluding tert-OH is 2. The second-order valence-electron chi connectivity index (χ2n) is 3.62. The van der Waals surface area contributed by atoms with Gasteiger partial charge in [0.05, 0.1) is 6.10 Å². The molecule has 0 aliphatic carbocycles. The summed E-state index contributed by atoms with van der Waals surface area (Å²) in [6, 6.07) is 1.61. The molecule has 2 N–H and O–H groups in total. The predicted octanol–water partition coefficient (Wildman–Crippen LogP) is 2.14. The van der Waals surface area contributed by atoms with Crippen molar-refractivity contribution < 1.29 is 10.2 Å². The molecule has 0 saturated carbocycles. The number of hydrogen-bond acceptors (Lipinski definition) is 4. The Bertz CT molecular complexity index is 434. The highest BCUT2D eigenvalue weighted by Gasteiger charge is 2.19. The lowest BCUT2D eigenvalue weighted by Gasteiger charge is -2.18. The van der Waals surface area contributed by atoms with E-state index in [0.717, 1.165) is 5.56 Å². The second kappa shape index (κ2) is 6.42. The van der Waals surface area contributed by atoms with Gasteiger partial charge in [0.2, 0.25) is 0 Å². The van der Waals surface area contributed by atoms with Crippen LogP contribution in [-0.4, -0.2) is 27.8 Å². The Balaban J connectivity index is 2.73. The van der Waals surface area contributed by atoms with E-state index in [0.29, 0.717) is 10.7 Å². The van der Waals surface area contributed by atoms with Crippen LogP contribution in [0, 0.1) is 6.92 Å². The topological polar surface area (TPSA) is 102 Å². The largest absolute Gasteiger partial charge is 0.390 e. The van der Waals surface area contributed by atoms with E-state index in [9.17, 15) is 10.2 Å². The van der Waals surface area contributed by atoms with Crippen LogP contribution in [0.1, 0.15) is 23.7 Å². The summed E-state index contributed by atoms with van der Waals surface area (Å²) < 4.78 is 0. The summed E-state index contributed by atoms with van der Waals surface area (Å²) in [4.78, 5) is 6.42. The van der Waals surface area contributed by atoms with Crippen LogP contribution >= 0.6 is 11.6 Å². The summed E-state index contributed by atoms with van der Waals surface area (Å²) in [7, 11) is 0. The molecule has 0 saturated heterocycles. The standard InChI is InChI=1S/C10H13ClN4O2/c1-6-4-9(11)13-5-7(6)10(17)8(16)2-3-14-15-12/h4-5,8,10,16-17H,2-3H2,1H3. The van der Waals surface area contributed by atoms with E-state index in [1.807, 2.05) is 0 Å². The predicted molar refractivity (Wildman–Crippen MR) is 63.6 cm³/mol. The smallest absolute Gasteiger partial charge is 0.129 e. The van der Waals surface area contributed by atoms with Gasteiger partial charge in [0, 0.05) is 23.2 Å². The van der Waals surface area contributed by atoms with E-state index in [-0.39, 0.29) is 13.0 Å². The monoisotopic (exact) mass is 256 g/mol. The molecule has 0 aliphatic rings. The third kappa shape index (κ3) is 3.87. The molecule has 7 heteroatoms. The van der Waals surface area contributed by atoms with Crippen molar-refractivity contribution in [2.75, 3.05) is 6.54 Å². The first-order valence-electron chi connectivity index (χ1n) is 5.05. The van der Waals surface area contributed by atoms with Crippen LogP contribution < -0.4 is 0 Å². The zero-order valence-corrected chi connectivity index (χ0v) is 10.0. The summed E-state index contributed by atoms with van der Waals surface area (Å²) in [5.41, 5.74) is 9.37. The van der Waals surface area contributed by atoms with Gasteiger partial charge >= 0.3 is 0 Å². The molecule has 6 nitrogen and oxygen atoms in total. The van der Waals surface area contributed by atoms with E-state index in [4.69, 9.17) is 17.1 Å². The van der Waals surface area contributed by atoms with E-state index in [1.54, 1.807) is 13.0 Å². The molecule has 1 aromatic heterocycles. The van der Waals surface area contributed by atoms with Crippen molar-refractivity contribution >= 4 is 11.6 Å². The van der Waals surface area contributed by atoms with Gasteiger partial charge in [0.1, 0.15) is 11.3 Å². The Morgan fingerprint density at radius 2 is 2.29 bits per heavy atom. The van der Waals surface area contributed by atoms with Gasteiger partial charge in [0.25, 0.3) is 0 Å². The van der Waals surface area contributed by atoms with Crippen molar-refractivity contribution in [1.29, 1.82) is 0 Å². The van der Waals surface area contributed by atoms with Gasteiger partial charge in [-0.3, -0.25) is 0 Å². The van der Waals surface area contributed by atoms with Gasteiger partial charge in [-0.1, -0.05) is 16.7 Å². The summed E-state index contributed by atoms with van der Waals surface area (Å²) in [5, 5.41) is 23.2. The maximum absolute atomic E-state index is 9.89. The van der Waals surface area contributed by atoms with E-state index < -0.39 is 12.2 Å². The number of nitrogens with zero attached hydrogens (tertiary/aromatic N) is 4. The first-order chi connectivity index (χ1) is 8.06. The van der Waals surface area contributed by atoms with Crippen LogP contribution in [0.5, 0.6) is 0 Å². The zero-order chi connectivity index (χ0) is 12.8. The van der Waals surface area contributed by atoms with Crippen molar-refractivity contribution in [3.8, 4) is 0 Å². The molecular formula is C10H13ClN4O2. The minimum Gasteiger partial charge on any atom is -0.390 e. The molecule has 2 atom stereocenters. The van der Waals surface area contributed by atoms with Crippen LogP contribution in [0.3, 0.4) is 0 Å². The zero-order valence-electron chi connectivity index (χ0n) is 9.28. The highest BCUT2D eigenvalue weighted by atomic mass is 35.5.